The lowest BCUT2D eigenvalue weighted by Gasteiger charge is -2.24. The largest absolute Gasteiger partial charge is 0.359 e. The van der Waals surface area contributed by atoms with Crippen molar-refractivity contribution in [2.24, 2.45) is 5.41 Å². The van der Waals surface area contributed by atoms with Crippen molar-refractivity contribution >= 4 is 11.7 Å². The fourth-order valence-corrected chi connectivity index (χ4v) is 2.81. The summed E-state index contributed by atoms with van der Waals surface area (Å²) in [5, 5.41) is 12.1. The molecule has 2 heterocycles. The maximum atomic E-state index is 12.0. The van der Waals surface area contributed by atoms with E-state index in [1.165, 1.54) is 0 Å². The third kappa shape index (κ3) is 2.34. The van der Waals surface area contributed by atoms with Gasteiger partial charge in [0.05, 0.1) is 11.0 Å². The Kier molecular flexibility index (Phi) is 3.67. The molecule has 1 aliphatic rings. The van der Waals surface area contributed by atoms with Crippen molar-refractivity contribution in [1.29, 1.82) is 5.26 Å². The highest BCUT2D eigenvalue weighted by Gasteiger charge is 2.40. The summed E-state index contributed by atoms with van der Waals surface area (Å²) >= 11 is 0. The lowest BCUT2D eigenvalue weighted by Crippen LogP contribution is -2.39. The van der Waals surface area contributed by atoms with E-state index in [0.29, 0.717) is 17.9 Å². The van der Waals surface area contributed by atoms with Crippen LogP contribution in [-0.2, 0) is 4.79 Å². The van der Waals surface area contributed by atoms with Gasteiger partial charge in [-0.25, -0.2) is 4.98 Å². The summed E-state index contributed by atoms with van der Waals surface area (Å²) in [6.45, 7) is 7.14. The highest BCUT2D eigenvalue weighted by molar-refractivity contribution is 5.83. The van der Waals surface area contributed by atoms with Crippen LogP contribution in [-0.4, -0.2) is 31.0 Å². The van der Waals surface area contributed by atoms with Gasteiger partial charge in [0.25, 0.3) is 0 Å². The maximum absolute atomic E-state index is 12.0. The number of aryl methyl sites for hydroxylation is 2. The minimum Gasteiger partial charge on any atom is -0.359 e. The highest BCUT2D eigenvalue weighted by atomic mass is 16.2. The number of carbonyl (C=O) groups is 1. The SMILES string of the molecule is CNC(=O)C1(C)CCN(c2nc(C)cc(C)c2C#N)C1. The first-order valence-corrected chi connectivity index (χ1v) is 6.77. The molecule has 20 heavy (non-hydrogen) atoms. The van der Waals surface area contributed by atoms with Crippen molar-refractivity contribution in [3.05, 3.63) is 22.9 Å². The quantitative estimate of drug-likeness (QED) is 0.886. The Morgan fingerprint density at radius 1 is 1.55 bits per heavy atom. The number of nitriles is 1. The molecular formula is C15H20N4O. The number of nitrogens with zero attached hydrogens (tertiary/aromatic N) is 3. The van der Waals surface area contributed by atoms with E-state index in [1.54, 1.807) is 7.05 Å². The summed E-state index contributed by atoms with van der Waals surface area (Å²) in [5.41, 5.74) is 2.02. The number of rotatable bonds is 2. The monoisotopic (exact) mass is 272 g/mol. The van der Waals surface area contributed by atoms with E-state index in [4.69, 9.17) is 0 Å². The van der Waals surface area contributed by atoms with Crippen LogP contribution in [0.5, 0.6) is 0 Å². The van der Waals surface area contributed by atoms with Gasteiger partial charge in [-0.15, -0.1) is 0 Å². The number of aromatic nitrogens is 1. The molecule has 0 spiro atoms. The Morgan fingerprint density at radius 3 is 2.85 bits per heavy atom. The Balaban J connectivity index is 2.36. The zero-order valence-corrected chi connectivity index (χ0v) is 12.4. The molecule has 5 heteroatoms. The van der Waals surface area contributed by atoms with E-state index in [9.17, 15) is 10.1 Å². The Labute approximate surface area is 119 Å². The van der Waals surface area contributed by atoms with E-state index in [0.717, 1.165) is 24.2 Å². The molecule has 1 aromatic heterocycles. The number of carbonyl (C=O) groups excluding carboxylic acids is 1. The summed E-state index contributed by atoms with van der Waals surface area (Å²) in [6.07, 6.45) is 0.770. The number of amides is 1. The number of pyridine rings is 1. The lowest BCUT2D eigenvalue weighted by molar-refractivity contribution is -0.128. The second-order valence-electron chi connectivity index (χ2n) is 5.70. The Bertz CT molecular complexity index is 590. The smallest absolute Gasteiger partial charge is 0.227 e. The maximum Gasteiger partial charge on any atom is 0.227 e. The number of anilines is 1. The summed E-state index contributed by atoms with van der Waals surface area (Å²) in [7, 11) is 1.66. The van der Waals surface area contributed by atoms with Gasteiger partial charge >= 0.3 is 0 Å². The van der Waals surface area contributed by atoms with E-state index in [-0.39, 0.29) is 5.91 Å². The van der Waals surface area contributed by atoms with Crippen LogP contribution in [0.25, 0.3) is 0 Å². The van der Waals surface area contributed by atoms with Gasteiger partial charge in [0.15, 0.2) is 0 Å². The van der Waals surface area contributed by atoms with Crippen LogP contribution >= 0.6 is 0 Å². The van der Waals surface area contributed by atoms with Crippen LogP contribution in [0.4, 0.5) is 5.82 Å². The van der Waals surface area contributed by atoms with Crippen LogP contribution < -0.4 is 10.2 Å². The molecular weight excluding hydrogens is 252 g/mol. The fraction of sp³-hybridized carbons (Fsp3) is 0.533. The predicted molar refractivity (Wildman–Crippen MR) is 77.4 cm³/mol. The first-order valence-electron chi connectivity index (χ1n) is 6.77. The van der Waals surface area contributed by atoms with Crippen LogP contribution in [0.1, 0.15) is 30.2 Å². The molecule has 1 unspecified atom stereocenters. The third-order valence-electron chi connectivity index (χ3n) is 3.99. The molecule has 1 fully saturated rings. The standard InChI is InChI=1S/C15H20N4O/c1-10-7-11(2)18-13(12(10)8-16)19-6-5-15(3,9-19)14(20)17-4/h7H,5-6,9H2,1-4H3,(H,17,20). The number of hydrogen-bond donors (Lipinski definition) is 1. The molecule has 0 radical (unpaired) electrons. The first-order chi connectivity index (χ1) is 9.41. The van der Waals surface area contributed by atoms with Gasteiger partial charge in [0.1, 0.15) is 11.9 Å². The van der Waals surface area contributed by atoms with Gasteiger partial charge in [-0.1, -0.05) is 0 Å². The minimum atomic E-state index is -0.416. The van der Waals surface area contributed by atoms with Gasteiger partial charge in [-0.05, 0) is 38.8 Å². The molecule has 2 rings (SSSR count). The first kappa shape index (κ1) is 14.3. The van der Waals surface area contributed by atoms with E-state index in [1.807, 2.05) is 31.7 Å². The second-order valence-corrected chi connectivity index (χ2v) is 5.70. The Hall–Kier alpha value is -2.09. The van der Waals surface area contributed by atoms with Crippen LogP contribution in [0.3, 0.4) is 0 Å². The van der Waals surface area contributed by atoms with Crippen LogP contribution in [0.2, 0.25) is 0 Å². The molecule has 1 aromatic rings. The molecule has 1 aliphatic heterocycles. The molecule has 5 nitrogen and oxygen atoms in total. The molecule has 1 atom stereocenters. The summed E-state index contributed by atoms with van der Waals surface area (Å²) in [5.74, 6) is 0.750. The second kappa shape index (κ2) is 5.12. The van der Waals surface area contributed by atoms with Crippen molar-refractivity contribution < 1.29 is 4.79 Å². The van der Waals surface area contributed by atoms with Crippen molar-refractivity contribution in [3.63, 3.8) is 0 Å². The number of hydrogen-bond acceptors (Lipinski definition) is 4. The van der Waals surface area contributed by atoms with E-state index in [2.05, 4.69) is 16.4 Å². The minimum absolute atomic E-state index is 0.0443. The van der Waals surface area contributed by atoms with Crippen molar-refractivity contribution in [3.8, 4) is 6.07 Å². The highest BCUT2D eigenvalue weighted by Crippen LogP contribution is 2.34. The molecule has 0 aliphatic carbocycles. The molecule has 1 N–H and O–H groups in total. The van der Waals surface area contributed by atoms with Crippen molar-refractivity contribution in [1.82, 2.24) is 10.3 Å². The summed E-state index contributed by atoms with van der Waals surface area (Å²) < 4.78 is 0. The molecule has 1 saturated heterocycles. The molecule has 0 bridgehead atoms. The fourth-order valence-electron chi connectivity index (χ4n) is 2.81. The van der Waals surface area contributed by atoms with E-state index < -0.39 is 5.41 Å². The van der Waals surface area contributed by atoms with Crippen molar-refractivity contribution in [2.75, 3.05) is 25.0 Å². The average molecular weight is 272 g/mol. The van der Waals surface area contributed by atoms with Gasteiger partial charge in [0.2, 0.25) is 5.91 Å². The molecule has 1 amide bonds. The zero-order valence-electron chi connectivity index (χ0n) is 12.4. The summed E-state index contributed by atoms with van der Waals surface area (Å²) in [6, 6.07) is 4.15. The third-order valence-corrected chi connectivity index (χ3v) is 3.99. The Morgan fingerprint density at radius 2 is 2.25 bits per heavy atom. The van der Waals surface area contributed by atoms with Crippen molar-refractivity contribution in [2.45, 2.75) is 27.2 Å². The van der Waals surface area contributed by atoms with Gasteiger partial charge < -0.3 is 10.2 Å². The normalized spacial score (nSPS) is 21.6. The average Bonchev–Trinajstić information content (AvgIpc) is 2.81. The number of nitrogens with one attached hydrogen (secondary N) is 1. The summed E-state index contributed by atoms with van der Waals surface area (Å²) in [4.78, 5) is 18.5. The molecule has 0 aromatic carbocycles. The van der Waals surface area contributed by atoms with E-state index >= 15 is 0 Å². The topological polar surface area (TPSA) is 69.0 Å². The predicted octanol–water partition coefficient (Wildman–Crippen LogP) is 1.53. The van der Waals surface area contributed by atoms with Crippen LogP contribution in [0, 0.1) is 30.6 Å². The zero-order chi connectivity index (χ0) is 14.9. The van der Waals surface area contributed by atoms with Gasteiger partial charge in [0, 0.05) is 25.8 Å². The van der Waals surface area contributed by atoms with Gasteiger partial charge in [-0.3, -0.25) is 4.79 Å². The molecule has 0 saturated carbocycles. The molecule has 106 valence electrons. The van der Waals surface area contributed by atoms with Gasteiger partial charge in [-0.2, -0.15) is 5.26 Å². The lowest BCUT2D eigenvalue weighted by atomic mass is 9.89. The van der Waals surface area contributed by atoms with Crippen LogP contribution in [0.15, 0.2) is 6.07 Å².